The van der Waals surface area contributed by atoms with Crippen molar-refractivity contribution in [1.29, 1.82) is 0 Å². The molecule has 1 N–H and O–H groups in total. The van der Waals surface area contributed by atoms with Gasteiger partial charge in [-0.15, -0.1) is 11.8 Å². The second-order valence-corrected chi connectivity index (χ2v) is 6.96. The van der Waals surface area contributed by atoms with Gasteiger partial charge in [-0.3, -0.25) is 9.69 Å². The highest BCUT2D eigenvalue weighted by Crippen LogP contribution is 2.20. The Morgan fingerprint density at radius 1 is 1.21 bits per heavy atom. The number of amides is 1. The number of rotatable bonds is 8. The third-order valence-electron chi connectivity index (χ3n) is 3.34. The van der Waals surface area contributed by atoms with E-state index in [-0.39, 0.29) is 24.8 Å². The van der Waals surface area contributed by atoms with Crippen LogP contribution in [0.1, 0.15) is 5.56 Å². The highest BCUT2D eigenvalue weighted by molar-refractivity contribution is 7.99. The van der Waals surface area contributed by atoms with Crippen LogP contribution in [0.3, 0.4) is 0 Å². The lowest BCUT2D eigenvalue weighted by Gasteiger charge is -2.17. The van der Waals surface area contributed by atoms with E-state index < -0.39 is 0 Å². The van der Waals surface area contributed by atoms with Crippen molar-refractivity contribution in [2.75, 3.05) is 25.9 Å². The van der Waals surface area contributed by atoms with Crippen LogP contribution in [0.25, 0.3) is 0 Å². The Balaban J connectivity index is 1.70. The number of hydrogen-bond donors (Lipinski definition) is 1. The Bertz CT molecular complexity index is 649. The van der Waals surface area contributed by atoms with E-state index in [0.29, 0.717) is 17.1 Å². The van der Waals surface area contributed by atoms with Crippen LogP contribution >= 0.6 is 23.4 Å². The van der Waals surface area contributed by atoms with Gasteiger partial charge in [-0.2, -0.15) is 0 Å². The first kappa shape index (κ1) is 18.8. The Hall–Kier alpha value is -1.56. The number of thioether (sulfide) groups is 1. The van der Waals surface area contributed by atoms with Crippen LogP contribution in [0.5, 0.6) is 0 Å². The van der Waals surface area contributed by atoms with Crippen LogP contribution in [0, 0.1) is 5.82 Å². The molecule has 0 atom stereocenters. The number of likely N-dealkylation sites (N-methyl/N-ethyl adjacent to an activating group) is 1. The van der Waals surface area contributed by atoms with E-state index in [1.807, 2.05) is 30.3 Å². The van der Waals surface area contributed by atoms with Crippen LogP contribution in [0.4, 0.5) is 4.39 Å². The molecule has 0 heterocycles. The van der Waals surface area contributed by atoms with E-state index in [1.165, 1.54) is 11.0 Å². The van der Waals surface area contributed by atoms with Gasteiger partial charge < -0.3 is 5.32 Å². The van der Waals surface area contributed by atoms with Gasteiger partial charge in [-0.25, -0.2) is 4.39 Å². The van der Waals surface area contributed by atoms with E-state index in [0.717, 1.165) is 5.75 Å². The normalized spacial score (nSPS) is 10.8. The average Bonchev–Trinajstić information content (AvgIpc) is 2.56. The van der Waals surface area contributed by atoms with Gasteiger partial charge in [0.2, 0.25) is 5.91 Å². The molecule has 0 unspecified atom stereocenters. The van der Waals surface area contributed by atoms with Crippen molar-refractivity contribution >= 4 is 29.3 Å². The van der Waals surface area contributed by atoms with Crippen molar-refractivity contribution < 1.29 is 9.18 Å². The van der Waals surface area contributed by atoms with Gasteiger partial charge in [-0.05, 0) is 31.3 Å². The van der Waals surface area contributed by atoms with Crippen LogP contribution in [0.2, 0.25) is 5.02 Å². The van der Waals surface area contributed by atoms with Gasteiger partial charge in [0.25, 0.3) is 0 Å². The molecule has 0 bridgehead atoms. The molecule has 1 amide bonds. The second kappa shape index (κ2) is 9.67. The number of nitrogens with zero attached hydrogens (tertiary/aromatic N) is 1. The summed E-state index contributed by atoms with van der Waals surface area (Å²) in [5, 5.41) is 3.25. The summed E-state index contributed by atoms with van der Waals surface area (Å²) in [6.45, 7) is 1.07. The molecule has 0 aliphatic carbocycles. The molecule has 128 valence electrons. The Labute approximate surface area is 151 Å². The fraction of sp³-hybridized carbons (Fsp3) is 0.278. The lowest BCUT2D eigenvalue weighted by atomic mass is 10.2. The summed E-state index contributed by atoms with van der Waals surface area (Å²) in [6.07, 6.45) is 0. The molecule has 0 aromatic heterocycles. The minimum Gasteiger partial charge on any atom is -0.354 e. The maximum atomic E-state index is 13.7. The van der Waals surface area contributed by atoms with Crippen molar-refractivity contribution in [2.24, 2.45) is 0 Å². The lowest BCUT2D eigenvalue weighted by molar-refractivity contribution is -0.121. The largest absolute Gasteiger partial charge is 0.354 e. The second-order valence-electron chi connectivity index (χ2n) is 5.38. The highest BCUT2D eigenvalue weighted by atomic mass is 35.5. The topological polar surface area (TPSA) is 32.3 Å². The van der Waals surface area contributed by atoms with Gasteiger partial charge in [0.05, 0.1) is 6.54 Å². The first-order chi connectivity index (χ1) is 11.6. The third-order valence-corrected chi connectivity index (χ3v) is 4.71. The number of nitrogens with one attached hydrogen (secondary N) is 1. The molecule has 0 spiro atoms. The van der Waals surface area contributed by atoms with Crippen molar-refractivity contribution in [3.63, 3.8) is 0 Å². The molecule has 3 nitrogen and oxygen atoms in total. The minimum absolute atomic E-state index is 0.0846. The zero-order valence-corrected chi connectivity index (χ0v) is 15.0. The first-order valence-electron chi connectivity index (χ1n) is 7.62. The molecule has 0 aliphatic heterocycles. The highest BCUT2D eigenvalue weighted by Gasteiger charge is 2.12. The van der Waals surface area contributed by atoms with Crippen LogP contribution < -0.4 is 5.32 Å². The van der Waals surface area contributed by atoms with Gasteiger partial charge in [-0.1, -0.05) is 35.9 Å². The Morgan fingerprint density at radius 3 is 2.67 bits per heavy atom. The quantitative estimate of drug-likeness (QED) is 0.569. The Morgan fingerprint density at radius 2 is 1.96 bits per heavy atom. The third kappa shape index (κ3) is 6.15. The van der Waals surface area contributed by atoms with E-state index in [2.05, 4.69) is 5.32 Å². The first-order valence-corrected chi connectivity index (χ1v) is 8.98. The summed E-state index contributed by atoms with van der Waals surface area (Å²) < 4.78 is 13.7. The molecule has 0 radical (unpaired) electrons. The summed E-state index contributed by atoms with van der Waals surface area (Å²) in [5.41, 5.74) is 0.411. The summed E-state index contributed by atoms with van der Waals surface area (Å²) in [5.74, 6) is 0.367. The van der Waals surface area contributed by atoms with E-state index in [9.17, 15) is 9.18 Å². The van der Waals surface area contributed by atoms with Gasteiger partial charge in [0.15, 0.2) is 0 Å². The number of hydrogen-bond acceptors (Lipinski definition) is 3. The number of halogens is 2. The number of carbonyl (C=O) groups excluding carboxylic acids is 1. The Kier molecular flexibility index (Phi) is 7.56. The SMILES string of the molecule is CN(CC(=O)NCCSc1ccccc1)Cc1c(F)cccc1Cl. The number of carbonyl (C=O) groups is 1. The lowest BCUT2D eigenvalue weighted by Crippen LogP contribution is -2.36. The monoisotopic (exact) mass is 366 g/mol. The molecule has 0 saturated carbocycles. The zero-order valence-electron chi connectivity index (χ0n) is 13.5. The van der Waals surface area contributed by atoms with Gasteiger partial charge in [0, 0.05) is 34.3 Å². The van der Waals surface area contributed by atoms with E-state index >= 15 is 0 Å². The van der Waals surface area contributed by atoms with E-state index in [1.54, 1.807) is 35.8 Å². The molecule has 0 saturated heterocycles. The summed E-state index contributed by atoms with van der Waals surface area (Å²) in [6, 6.07) is 14.6. The molecule has 24 heavy (non-hydrogen) atoms. The number of benzene rings is 2. The van der Waals surface area contributed by atoms with Crippen LogP contribution in [-0.4, -0.2) is 36.7 Å². The average molecular weight is 367 g/mol. The van der Waals surface area contributed by atoms with Crippen molar-refractivity contribution in [1.82, 2.24) is 10.2 Å². The maximum Gasteiger partial charge on any atom is 0.234 e. The predicted molar refractivity (Wildman–Crippen MR) is 97.9 cm³/mol. The van der Waals surface area contributed by atoms with Crippen molar-refractivity contribution in [3.8, 4) is 0 Å². The van der Waals surface area contributed by atoms with Gasteiger partial charge >= 0.3 is 0 Å². The zero-order chi connectivity index (χ0) is 17.4. The van der Waals surface area contributed by atoms with Crippen LogP contribution in [-0.2, 0) is 11.3 Å². The van der Waals surface area contributed by atoms with Crippen molar-refractivity contribution in [2.45, 2.75) is 11.4 Å². The predicted octanol–water partition coefficient (Wildman–Crippen LogP) is 3.82. The maximum absolute atomic E-state index is 13.7. The molecule has 0 fully saturated rings. The fourth-order valence-electron chi connectivity index (χ4n) is 2.19. The molecule has 2 aromatic carbocycles. The standard InChI is InChI=1S/C18H20ClFN2OS/c1-22(12-15-16(19)8-5-9-17(15)20)13-18(23)21-10-11-24-14-6-3-2-4-7-14/h2-9H,10-13H2,1H3,(H,21,23). The smallest absolute Gasteiger partial charge is 0.234 e. The molecular weight excluding hydrogens is 347 g/mol. The molecule has 2 rings (SSSR count). The molecule has 2 aromatic rings. The molecule has 0 aliphatic rings. The summed E-state index contributed by atoms with van der Waals surface area (Å²) in [4.78, 5) is 14.9. The fourth-order valence-corrected chi connectivity index (χ4v) is 3.20. The molecular formula is C18H20ClFN2OS. The van der Waals surface area contributed by atoms with E-state index in [4.69, 9.17) is 11.6 Å². The summed E-state index contributed by atoms with van der Waals surface area (Å²) in [7, 11) is 1.76. The summed E-state index contributed by atoms with van der Waals surface area (Å²) >= 11 is 7.69. The van der Waals surface area contributed by atoms with Gasteiger partial charge in [0.1, 0.15) is 5.82 Å². The van der Waals surface area contributed by atoms with Crippen LogP contribution in [0.15, 0.2) is 53.4 Å². The molecule has 6 heteroatoms. The minimum atomic E-state index is -0.353. The van der Waals surface area contributed by atoms with Crippen molar-refractivity contribution in [3.05, 3.63) is 64.9 Å².